The minimum Gasteiger partial charge on any atom is -0.508 e. The maximum absolute atomic E-state index is 9.18. The lowest BCUT2D eigenvalue weighted by Gasteiger charge is -1.97. The van der Waals surface area contributed by atoms with E-state index in [1.54, 1.807) is 23.5 Å². The second kappa shape index (κ2) is 5.09. The molecule has 1 heterocycles. The van der Waals surface area contributed by atoms with Crippen molar-refractivity contribution in [2.45, 2.75) is 13.0 Å². The largest absolute Gasteiger partial charge is 0.508 e. The minimum absolute atomic E-state index is 0.304. The molecule has 0 spiro atoms. The minimum atomic E-state index is 0.304. The van der Waals surface area contributed by atoms with E-state index in [1.165, 1.54) is 10.4 Å². The summed E-state index contributed by atoms with van der Waals surface area (Å²) in [7, 11) is 1.93. The molecule has 0 aliphatic carbocycles. The summed E-state index contributed by atoms with van der Waals surface area (Å²) in [5.41, 5.74) is 1.17. The fraction of sp³-hybridized carbons (Fsp3) is 0.250. The Morgan fingerprint density at radius 2 is 2.06 bits per heavy atom. The molecule has 0 bridgehead atoms. The molecule has 0 aliphatic heterocycles. The van der Waals surface area contributed by atoms with Gasteiger partial charge in [0, 0.05) is 24.0 Å². The van der Waals surface area contributed by atoms with E-state index in [9.17, 15) is 5.11 Å². The van der Waals surface area contributed by atoms with E-state index < -0.39 is 0 Å². The van der Waals surface area contributed by atoms with Crippen LogP contribution in [0, 0.1) is 0 Å². The third-order valence-electron chi connectivity index (χ3n) is 2.24. The quantitative estimate of drug-likeness (QED) is 0.852. The molecular formula is C12H14N2OS. The third kappa shape index (κ3) is 2.81. The Morgan fingerprint density at radius 3 is 2.75 bits per heavy atom. The first kappa shape index (κ1) is 11.1. The van der Waals surface area contributed by atoms with Crippen LogP contribution in [0.25, 0.3) is 0 Å². The van der Waals surface area contributed by atoms with Gasteiger partial charge in [0.15, 0.2) is 0 Å². The number of hydrogen-bond acceptors (Lipinski definition) is 4. The highest BCUT2D eigenvalue weighted by Gasteiger charge is 2.02. The molecule has 84 valence electrons. The summed E-state index contributed by atoms with van der Waals surface area (Å²) in [5.74, 6) is 0.304. The molecule has 3 nitrogen and oxygen atoms in total. The first-order chi connectivity index (χ1) is 7.78. The van der Waals surface area contributed by atoms with Crippen LogP contribution < -0.4 is 5.32 Å². The van der Waals surface area contributed by atoms with Crippen LogP contribution in [0.3, 0.4) is 0 Å². The van der Waals surface area contributed by atoms with Crippen molar-refractivity contribution in [2.75, 3.05) is 7.05 Å². The fourth-order valence-electron chi connectivity index (χ4n) is 1.47. The van der Waals surface area contributed by atoms with Gasteiger partial charge in [-0.2, -0.15) is 0 Å². The lowest BCUT2D eigenvalue weighted by atomic mass is 10.1. The van der Waals surface area contributed by atoms with Crippen LogP contribution in [-0.2, 0) is 13.0 Å². The van der Waals surface area contributed by atoms with Crippen LogP contribution in [0.1, 0.15) is 15.4 Å². The Bertz CT molecular complexity index is 450. The molecule has 1 aromatic carbocycles. The Hall–Kier alpha value is -1.39. The van der Waals surface area contributed by atoms with Crippen LogP contribution in [0.2, 0.25) is 0 Å². The highest BCUT2D eigenvalue weighted by molar-refractivity contribution is 7.11. The van der Waals surface area contributed by atoms with Crippen LogP contribution in [0.15, 0.2) is 30.5 Å². The summed E-state index contributed by atoms with van der Waals surface area (Å²) in [6.07, 6.45) is 2.74. The molecule has 2 aromatic rings. The summed E-state index contributed by atoms with van der Waals surface area (Å²) in [5, 5.41) is 13.4. The number of phenolic OH excluding ortho intramolecular Hbond substituents is 1. The van der Waals surface area contributed by atoms with Gasteiger partial charge in [0.1, 0.15) is 5.75 Å². The van der Waals surface area contributed by atoms with Crippen molar-refractivity contribution in [3.63, 3.8) is 0 Å². The van der Waals surface area contributed by atoms with Gasteiger partial charge in [-0.15, -0.1) is 11.3 Å². The molecule has 0 unspecified atom stereocenters. The third-order valence-corrected chi connectivity index (χ3v) is 3.24. The average molecular weight is 234 g/mol. The first-order valence-electron chi connectivity index (χ1n) is 5.14. The lowest BCUT2D eigenvalue weighted by Crippen LogP contribution is -2.02. The summed E-state index contributed by atoms with van der Waals surface area (Å²) >= 11 is 1.72. The van der Waals surface area contributed by atoms with Crippen molar-refractivity contribution in [3.05, 3.63) is 45.9 Å². The van der Waals surface area contributed by atoms with E-state index in [2.05, 4.69) is 10.3 Å². The smallest absolute Gasteiger partial charge is 0.115 e. The van der Waals surface area contributed by atoms with Gasteiger partial charge in [0.05, 0.1) is 5.01 Å². The van der Waals surface area contributed by atoms with Gasteiger partial charge in [-0.1, -0.05) is 12.1 Å². The summed E-state index contributed by atoms with van der Waals surface area (Å²) in [6.45, 7) is 0.868. The number of nitrogens with one attached hydrogen (secondary N) is 1. The van der Waals surface area contributed by atoms with Crippen molar-refractivity contribution >= 4 is 11.3 Å². The van der Waals surface area contributed by atoms with Crippen molar-refractivity contribution in [1.82, 2.24) is 10.3 Å². The van der Waals surface area contributed by atoms with E-state index in [1.807, 2.05) is 25.4 Å². The molecule has 0 amide bonds. The Balaban J connectivity index is 2.05. The zero-order chi connectivity index (χ0) is 11.4. The van der Waals surface area contributed by atoms with Gasteiger partial charge >= 0.3 is 0 Å². The van der Waals surface area contributed by atoms with E-state index >= 15 is 0 Å². The predicted octanol–water partition coefficient (Wildman–Crippen LogP) is 2.16. The monoisotopic (exact) mass is 234 g/mol. The van der Waals surface area contributed by atoms with Gasteiger partial charge in [-0.25, -0.2) is 4.98 Å². The molecule has 0 saturated heterocycles. The average Bonchev–Trinajstić information content (AvgIpc) is 2.70. The van der Waals surface area contributed by atoms with Crippen molar-refractivity contribution < 1.29 is 5.11 Å². The van der Waals surface area contributed by atoms with Crippen LogP contribution in [-0.4, -0.2) is 17.1 Å². The number of thiazole rings is 1. The second-order valence-corrected chi connectivity index (χ2v) is 4.79. The topological polar surface area (TPSA) is 45.2 Å². The molecule has 0 aliphatic rings. The number of nitrogens with zero attached hydrogens (tertiary/aromatic N) is 1. The maximum Gasteiger partial charge on any atom is 0.115 e. The van der Waals surface area contributed by atoms with Gasteiger partial charge in [-0.05, 0) is 24.7 Å². The van der Waals surface area contributed by atoms with E-state index in [-0.39, 0.29) is 0 Å². The standard InChI is InChI=1S/C12H14N2OS/c1-13-7-11-8-14-12(16-11)6-9-2-4-10(15)5-3-9/h2-5,8,13,15H,6-7H2,1H3. The zero-order valence-corrected chi connectivity index (χ0v) is 9.92. The maximum atomic E-state index is 9.18. The number of hydrogen-bond donors (Lipinski definition) is 2. The Morgan fingerprint density at radius 1 is 1.31 bits per heavy atom. The van der Waals surface area contributed by atoms with Gasteiger partial charge < -0.3 is 10.4 Å². The molecule has 0 atom stereocenters. The molecule has 4 heteroatoms. The number of aromatic hydroxyl groups is 1. The second-order valence-electron chi connectivity index (χ2n) is 3.59. The molecule has 16 heavy (non-hydrogen) atoms. The Kier molecular flexibility index (Phi) is 3.54. The van der Waals surface area contributed by atoms with Crippen molar-refractivity contribution in [2.24, 2.45) is 0 Å². The van der Waals surface area contributed by atoms with Gasteiger partial charge in [0.2, 0.25) is 0 Å². The van der Waals surface area contributed by atoms with E-state index in [0.29, 0.717) is 5.75 Å². The highest BCUT2D eigenvalue weighted by Crippen LogP contribution is 2.18. The normalized spacial score (nSPS) is 10.6. The number of rotatable bonds is 4. The lowest BCUT2D eigenvalue weighted by molar-refractivity contribution is 0.475. The van der Waals surface area contributed by atoms with Crippen LogP contribution in [0.4, 0.5) is 0 Å². The molecule has 0 radical (unpaired) electrons. The molecule has 2 N–H and O–H groups in total. The molecule has 0 saturated carbocycles. The number of phenols is 1. The Labute approximate surface area is 98.8 Å². The summed E-state index contributed by atoms with van der Waals surface area (Å²) in [6, 6.07) is 7.26. The van der Waals surface area contributed by atoms with Crippen molar-refractivity contribution in [1.29, 1.82) is 0 Å². The van der Waals surface area contributed by atoms with Gasteiger partial charge in [-0.3, -0.25) is 0 Å². The van der Waals surface area contributed by atoms with Crippen LogP contribution in [0.5, 0.6) is 5.75 Å². The first-order valence-corrected chi connectivity index (χ1v) is 5.95. The summed E-state index contributed by atoms with van der Waals surface area (Å²) < 4.78 is 0. The fourth-order valence-corrected chi connectivity index (χ4v) is 2.44. The zero-order valence-electron chi connectivity index (χ0n) is 9.10. The molecule has 0 fully saturated rings. The van der Waals surface area contributed by atoms with Crippen molar-refractivity contribution in [3.8, 4) is 5.75 Å². The number of benzene rings is 1. The highest BCUT2D eigenvalue weighted by atomic mass is 32.1. The number of aromatic nitrogens is 1. The predicted molar refractivity (Wildman–Crippen MR) is 65.8 cm³/mol. The molecular weight excluding hydrogens is 220 g/mol. The molecule has 2 rings (SSSR count). The summed E-state index contributed by atoms with van der Waals surface area (Å²) in [4.78, 5) is 5.62. The molecule has 1 aromatic heterocycles. The SMILES string of the molecule is CNCc1cnc(Cc2ccc(O)cc2)s1. The van der Waals surface area contributed by atoms with Crippen LogP contribution >= 0.6 is 11.3 Å². The van der Waals surface area contributed by atoms with E-state index in [0.717, 1.165) is 18.0 Å². The van der Waals surface area contributed by atoms with Gasteiger partial charge in [0.25, 0.3) is 0 Å². The van der Waals surface area contributed by atoms with E-state index in [4.69, 9.17) is 0 Å².